The van der Waals surface area contributed by atoms with Crippen molar-refractivity contribution in [1.29, 1.82) is 0 Å². The largest absolute Gasteiger partial charge is 0.368 e. The van der Waals surface area contributed by atoms with Crippen molar-refractivity contribution in [3.8, 4) is 0 Å². The summed E-state index contributed by atoms with van der Waals surface area (Å²) < 4.78 is 0. The minimum Gasteiger partial charge on any atom is -0.368 e. The van der Waals surface area contributed by atoms with Gasteiger partial charge in [0.25, 0.3) is 0 Å². The van der Waals surface area contributed by atoms with Crippen LogP contribution in [0.15, 0.2) is 35.2 Å². The predicted molar refractivity (Wildman–Crippen MR) is 63.6 cm³/mol. The first-order valence-corrected chi connectivity index (χ1v) is 5.77. The fourth-order valence-corrected chi connectivity index (χ4v) is 2.13. The molecule has 1 atom stereocenters. The van der Waals surface area contributed by atoms with Crippen LogP contribution in [0.5, 0.6) is 0 Å². The van der Waals surface area contributed by atoms with Crippen LogP contribution in [0.1, 0.15) is 13.3 Å². The molecule has 0 fully saturated rings. The molecule has 0 spiro atoms. The van der Waals surface area contributed by atoms with Crippen molar-refractivity contribution in [2.75, 3.05) is 5.75 Å². The van der Waals surface area contributed by atoms with Gasteiger partial charge in [-0.3, -0.25) is 4.79 Å². The molecular formula is C11H16N2OS. The molecule has 3 nitrogen and oxygen atoms in total. The van der Waals surface area contributed by atoms with Gasteiger partial charge < -0.3 is 11.5 Å². The Hall–Kier alpha value is -1.00. The number of thioether (sulfide) groups is 1. The quantitative estimate of drug-likeness (QED) is 0.742. The molecule has 4 N–H and O–H groups in total. The van der Waals surface area contributed by atoms with Crippen LogP contribution in [0.4, 0.5) is 0 Å². The number of amides is 1. The highest BCUT2D eigenvalue weighted by atomic mass is 32.2. The van der Waals surface area contributed by atoms with Gasteiger partial charge in [-0.1, -0.05) is 18.2 Å². The fraction of sp³-hybridized carbons (Fsp3) is 0.364. The average molecular weight is 224 g/mol. The number of carbonyl (C=O) groups excluding carboxylic acids is 1. The molecule has 15 heavy (non-hydrogen) atoms. The number of nitrogens with two attached hydrogens (primary N) is 2. The van der Waals surface area contributed by atoms with Crippen molar-refractivity contribution in [2.45, 2.75) is 23.8 Å². The Morgan fingerprint density at radius 1 is 1.40 bits per heavy atom. The SMILES string of the molecule is CC(N)(CCSc1ccccc1)C(N)=O. The monoisotopic (exact) mass is 224 g/mol. The Kier molecular flexibility index (Phi) is 4.17. The summed E-state index contributed by atoms with van der Waals surface area (Å²) in [4.78, 5) is 12.1. The van der Waals surface area contributed by atoms with Gasteiger partial charge in [-0.05, 0) is 25.5 Å². The van der Waals surface area contributed by atoms with Crippen molar-refractivity contribution in [3.05, 3.63) is 30.3 Å². The molecule has 0 radical (unpaired) electrons. The van der Waals surface area contributed by atoms with Crippen molar-refractivity contribution < 1.29 is 4.79 Å². The minimum absolute atomic E-state index is 0.448. The van der Waals surface area contributed by atoms with Gasteiger partial charge >= 0.3 is 0 Å². The molecule has 0 heterocycles. The number of benzene rings is 1. The van der Waals surface area contributed by atoms with Crippen LogP contribution in [0.25, 0.3) is 0 Å². The second kappa shape index (κ2) is 5.19. The fourth-order valence-electron chi connectivity index (χ4n) is 1.02. The lowest BCUT2D eigenvalue weighted by Gasteiger charge is -2.19. The second-order valence-corrected chi connectivity index (χ2v) is 4.86. The van der Waals surface area contributed by atoms with Gasteiger partial charge in [0.05, 0.1) is 5.54 Å². The Morgan fingerprint density at radius 2 is 2.00 bits per heavy atom. The van der Waals surface area contributed by atoms with Crippen LogP contribution in [-0.4, -0.2) is 17.2 Å². The van der Waals surface area contributed by atoms with Gasteiger partial charge in [-0.2, -0.15) is 0 Å². The maximum Gasteiger partial charge on any atom is 0.237 e. The van der Waals surface area contributed by atoms with E-state index in [9.17, 15) is 4.79 Å². The third-order valence-electron chi connectivity index (χ3n) is 2.20. The Labute approximate surface area is 94.2 Å². The molecule has 1 aromatic rings. The highest BCUT2D eigenvalue weighted by Crippen LogP contribution is 2.20. The van der Waals surface area contributed by atoms with Crippen molar-refractivity contribution in [1.82, 2.24) is 0 Å². The topological polar surface area (TPSA) is 69.1 Å². The normalized spacial score (nSPS) is 14.5. The zero-order valence-electron chi connectivity index (χ0n) is 8.77. The van der Waals surface area contributed by atoms with Crippen LogP contribution >= 0.6 is 11.8 Å². The number of carbonyl (C=O) groups is 1. The van der Waals surface area contributed by atoms with Gasteiger partial charge in [0.2, 0.25) is 5.91 Å². The first-order valence-electron chi connectivity index (χ1n) is 4.79. The molecular weight excluding hydrogens is 208 g/mol. The first kappa shape index (κ1) is 12.1. The molecule has 0 saturated heterocycles. The Balaban J connectivity index is 2.37. The van der Waals surface area contributed by atoms with Crippen LogP contribution in [0.3, 0.4) is 0 Å². The maximum absolute atomic E-state index is 11.0. The van der Waals surface area contributed by atoms with Gasteiger partial charge in [0, 0.05) is 10.6 Å². The molecule has 1 unspecified atom stereocenters. The zero-order valence-corrected chi connectivity index (χ0v) is 9.59. The zero-order chi connectivity index (χ0) is 11.3. The molecule has 1 amide bonds. The van der Waals surface area contributed by atoms with Crippen molar-refractivity contribution in [2.24, 2.45) is 11.5 Å². The molecule has 0 saturated carbocycles. The standard InChI is InChI=1S/C11H16N2OS/c1-11(13,10(12)14)7-8-15-9-5-3-2-4-6-9/h2-6H,7-8,13H2,1H3,(H2,12,14). The lowest BCUT2D eigenvalue weighted by atomic mass is 10.0. The van der Waals surface area contributed by atoms with E-state index in [1.807, 2.05) is 30.3 Å². The summed E-state index contributed by atoms with van der Waals surface area (Å²) in [6, 6.07) is 10.0. The van der Waals surface area contributed by atoms with E-state index in [4.69, 9.17) is 11.5 Å². The summed E-state index contributed by atoms with van der Waals surface area (Å²) >= 11 is 1.68. The van der Waals surface area contributed by atoms with Crippen molar-refractivity contribution in [3.63, 3.8) is 0 Å². The molecule has 0 aliphatic carbocycles. The van der Waals surface area contributed by atoms with Gasteiger partial charge in [-0.25, -0.2) is 0 Å². The van der Waals surface area contributed by atoms with E-state index in [0.29, 0.717) is 6.42 Å². The summed E-state index contributed by atoms with van der Waals surface area (Å²) in [6.07, 6.45) is 0.585. The molecule has 1 rings (SSSR count). The van der Waals surface area contributed by atoms with Gasteiger partial charge in [-0.15, -0.1) is 11.8 Å². The van der Waals surface area contributed by atoms with E-state index in [-0.39, 0.29) is 0 Å². The van der Waals surface area contributed by atoms with E-state index >= 15 is 0 Å². The summed E-state index contributed by atoms with van der Waals surface area (Å²) in [7, 11) is 0. The number of hydrogen-bond donors (Lipinski definition) is 2. The summed E-state index contributed by atoms with van der Waals surface area (Å²) in [5.41, 5.74) is 10.0. The molecule has 0 aromatic heterocycles. The van der Waals surface area contributed by atoms with E-state index in [1.165, 1.54) is 4.90 Å². The molecule has 0 aliphatic heterocycles. The highest BCUT2D eigenvalue weighted by molar-refractivity contribution is 7.99. The summed E-state index contributed by atoms with van der Waals surface area (Å²) in [5, 5.41) is 0. The number of hydrogen-bond acceptors (Lipinski definition) is 3. The van der Waals surface area contributed by atoms with Crippen LogP contribution in [0.2, 0.25) is 0 Å². The first-order chi connectivity index (χ1) is 7.02. The summed E-state index contributed by atoms with van der Waals surface area (Å²) in [6.45, 7) is 1.67. The van der Waals surface area contributed by atoms with Gasteiger partial charge in [0.1, 0.15) is 0 Å². The van der Waals surface area contributed by atoms with E-state index in [1.54, 1.807) is 18.7 Å². The molecule has 4 heteroatoms. The average Bonchev–Trinajstić information content (AvgIpc) is 2.19. The van der Waals surface area contributed by atoms with E-state index < -0.39 is 11.4 Å². The van der Waals surface area contributed by atoms with Crippen LogP contribution in [-0.2, 0) is 4.79 Å². The third-order valence-corrected chi connectivity index (χ3v) is 3.21. The second-order valence-electron chi connectivity index (χ2n) is 3.69. The number of primary amides is 1. The molecule has 82 valence electrons. The molecule has 1 aromatic carbocycles. The maximum atomic E-state index is 11.0. The van der Waals surface area contributed by atoms with E-state index in [0.717, 1.165) is 5.75 Å². The lowest BCUT2D eigenvalue weighted by molar-refractivity contribution is -0.122. The van der Waals surface area contributed by atoms with Crippen molar-refractivity contribution >= 4 is 17.7 Å². The highest BCUT2D eigenvalue weighted by Gasteiger charge is 2.24. The summed E-state index contributed by atoms with van der Waals surface area (Å²) in [5.74, 6) is 0.344. The number of rotatable bonds is 5. The molecule has 0 bridgehead atoms. The van der Waals surface area contributed by atoms with Crippen LogP contribution < -0.4 is 11.5 Å². The Morgan fingerprint density at radius 3 is 2.53 bits per heavy atom. The minimum atomic E-state index is -0.901. The Bertz CT molecular complexity index is 325. The van der Waals surface area contributed by atoms with Crippen LogP contribution in [0, 0.1) is 0 Å². The smallest absolute Gasteiger partial charge is 0.237 e. The molecule has 0 aliphatic rings. The van der Waals surface area contributed by atoms with Gasteiger partial charge in [0.15, 0.2) is 0 Å². The predicted octanol–water partition coefficient (Wildman–Crippen LogP) is 1.37. The van der Waals surface area contributed by atoms with E-state index in [2.05, 4.69) is 0 Å². The third kappa shape index (κ3) is 3.93. The lowest BCUT2D eigenvalue weighted by Crippen LogP contribution is -2.49.